The van der Waals surface area contributed by atoms with E-state index in [-0.39, 0.29) is 12.2 Å². The summed E-state index contributed by atoms with van der Waals surface area (Å²) in [5, 5.41) is 10.7. The first-order chi connectivity index (χ1) is 8.66. The number of hydrogen-bond donors (Lipinski definition) is 1. The van der Waals surface area contributed by atoms with Crippen molar-refractivity contribution >= 4 is 22.5 Å². The molecule has 2 aromatic rings. The maximum absolute atomic E-state index is 11.9. The Hall–Kier alpha value is -2.36. The van der Waals surface area contributed by atoms with Gasteiger partial charge in [-0.05, 0) is 11.5 Å². The second-order valence-electron chi connectivity index (χ2n) is 4.24. The molecule has 0 saturated heterocycles. The molecule has 1 aliphatic rings. The van der Waals surface area contributed by atoms with Crippen molar-refractivity contribution in [3.05, 3.63) is 42.0 Å². The summed E-state index contributed by atoms with van der Waals surface area (Å²) in [6, 6.07) is 11.0. The Morgan fingerprint density at radius 1 is 1.22 bits per heavy atom. The number of Topliss-reactive ketones (excluding diaryl/α,β-unsaturated/α-hetero) is 1. The van der Waals surface area contributed by atoms with Crippen LogP contribution in [0.25, 0.3) is 10.8 Å². The van der Waals surface area contributed by atoms with Crippen LogP contribution in [-0.4, -0.2) is 23.0 Å². The highest BCUT2D eigenvalue weighted by atomic mass is 16.5. The van der Waals surface area contributed by atoms with Crippen LogP contribution in [0.1, 0.15) is 16.8 Å². The fourth-order valence-corrected chi connectivity index (χ4v) is 2.19. The molecule has 0 aliphatic carbocycles. The summed E-state index contributed by atoms with van der Waals surface area (Å²) < 4.78 is 5.46. The molecule has 1 N–H and O–H groups in total. The summed E-state index contributed by atoms with van der Waals surface area (Å²) >= 11 is 0. The number of ketones is 1. The molecule has 3 rings (SSSR count). The van der Waals surface area contributed by atoms with Gasteiger partial charge in [0.1, 0.15) is 5.75 Å². The molecule has 4 heteroatoms. The second-order valence-corrected chi connectivity index (χ2v) is 4.24. The van der Waals surface area contributed by atoms with Gasteiger partial charge in [0.05, 0.1) is 12.0 Å². The van der Waals surface area contributed by atoms with Gasteiger partial charge in [-0.15, -0.1) is 0 Å². The largest absolute Gasteiger partial charge is 0.478 e. The van der Waals surface area contributed by atoms with Crippen LogP contribution in [0.15, 0.2) is 36.4 Å². The number of carboxylic acid groups (broad SMARTS) is 1. The first-order valence-electron chi connectivity index (χ1n) is 5.61. The first kappa shape index (κ1) is 10.8. The molecule has 0 radical (unpaired) electrons. The van der Waals surface area contributed by atoms with Crippen LogP contribution in [0.2, 0.25) is 0 Å². The number of carbonyl (C=O) groups is 2. The molecule has 0 spiro atoms. The van der Waals surface area contributed by atoms with Crippen LogP contribution in [0, 0.1) is 0 Å². The van der Waals surface area contributed by atoms with Crippen LogP contribution in [-0.2, 0) is 4.79 Å². The van der Waals surface area contributed by atoms with Crippen molar-refractivity contribution in [2.45, 2.75) is 12.5 Å². The highest BCUT2D eigenvalue weighted by Gasteiger charge is 2.32. The van der Waals surface area contributed by atoms with E-state index in [1.165, 1.54) is 0 Å². The standard InChI is InChI=1S/C14H10O4/c15-11-7-12(14(16)17)18-13-9-4-2-1-3-8(9)5-6-10(11)13/h1-6,12H,7H2,(H,16,17). The molecule has 1 aliphatic heterocycles. The number of fused-ring (bicyclic) bond motifs is 3. The van der Waals surface area contributed by atoms with Crippen molar-refractivity contribution in [2.75, 3.05) is 0 Å². The molecule has 90 valence electrons. The molecule has 1 atom stereocenters. The predicted octanol–water partition coefficient (Wildman–Crippen LogP) is 2.26. The normalized spacial score (nSPS) is 18.2. The lowest BCUT2D eigenvalue weighted by atomic mass is 9.97. The summed E-state index contributed by atoms with van der Waals surface area (Å²) in [7, 11) is 0. The second kappa shape index (κ2) is 3.84. The van der Waals surface area contributed by atoms with E-state index in [4.69, 9.17) is 9.84 Å². The number of aliphatic carboxylic acids is 1. The molecular formula is C14H10O4. The molecule has 18 heavy (non-hydrogen) atoms. The van der Waals surface area contributed by atoms with E-state index in [0.717, 1.165) is 10.8 Å². The van der Waals surface area contributed by atoms with Gasteiger partial charge in [0.15, 0.2) is 5.78 Å². The Labute approximate surface area is 103 Å². The van der Waals surface area contributed by atoms with Gasteiger partial charge in [0.2, 0.25) is 6.10 Å². The maximum Gasteiger partial charge on any atom is 0.345 e. The molecule has 0 fully saturated rings. The SMILES string of the molecule is O=C1CC(C(=O)O)Oc2c1ccc1ccccc21. The van der Waals surface area contributed by atoms with Crippen molar-refractivity contribution in [1.29, 1.82) is 0 Å². The van der Waals surface area contributed by atoms with E-state index in [0.29, 0.717) is 11.3 Å². The molecule has 4 nitrogen and oxygen atoms in total. The van der Waals surface area contributed by atoms with E-state index >= 15 is 0 Å². The van der Waals surface area contributed by atoms with E-state index in [1.54, 1.807) is 6.07 Å². The third-order valence-corrected chi connectivity index (χ3v) is 3.09. The van der Waals surface area contributed by atoms with Crippen LogP contribution in [0.4, 0.5) is 0 Å². The van der Waals surface area contributed by atoms with Crippen molar-refractivity contribution in [3.8, 4) is 5.75 Å². The molecule has 0 amide bonds. The number of carbonyl (C=O) groups excluding carboxylic acids is 1. The van der Waals surface area contributed by atoms with E-state index in [9.17, 15) is 9.59 Å². The summed E-state index contributed by atoms with van der Waals surface area (Å²) in [6.45, 7) is 0. The van der Waals surface area contributed by atoms with Gasteiger partial charge >= 0.3 is 5.97 Å². The van der Waals surface area contributed by atoms with Crippen molar-refractivity contribution in [3.63, 3.8) is 0 Å². The van der Waals surface area contributed by atoms with Gasteiger partial charge in [0, 0.05) is 5.39 Å². The zero-order valence-electron chi connectivity index (χ0n) is 9.42. The number of ether oxygens (including phenoxy) is 1. The van der Waals surface area contributed by atoms with Crippen LogP contribution >= 0.6 is 0 Å². The van der Waals surface area contributed by atoms with Gasteiger partial charge < -0.3 is 9.84 Å². The lowest BCUT2D eigenvalue weighted by molar-refractivity contribution is -0.145. The van der Waals surface area contributed by atoms with Gasteiger partial charge in [-0.1, -0.05) is 30.3 Å². The minimum absolute atomic E-state index is 0.110. The number of rotatable bonds is 1. The fourth-order valence-electron chi connectivity index (χ4n) is 2.19. The number of benzene rings is 2. The molecule has 1 heterocycles. The number of hydrogen-bond acceptors (Lipinski definition) is 3. The molecule has 1 unspecified atom stereocenters. The Morgan fingerprint density at radius 2 is 2.00 bits per heavy atom. The monoisotopic (exact) mass is 242 g/mol. The Balaban J connectivity index is 2.23. The van der Waals surface area contributed by atoms with E-state index < -0.39 is 12.1 Å². The molecule has 0 aromatic heterocycles. The van der Waals surface area contributed by atoms with Gasteiger partial charge in [-0.3, -0.25) is 4.79 Å². The van der Waals surface area contributed by atoms with Crippen molar-refractivity contribution < 1.29 is 19.4 Å². The highest BCUT2D eigenvalue weighted by molar-refractivity contribution is 6.07. The Morgan fingerprint density at radius 3 is 2.78 bits per heavy atom. The zero-order valence-corrected chi connectivity index (χ0v) is 9.42. The maximum atomic E-state index is 11.9. The molecule has 0 saturated carbocycles. The number of carboxylic acids is 1. The minimum Gasteiger partial charge on any atom is -0.478 e. The lowest BCUT2D eigenvalue weighted by Crippen LogP contribution is -2.34. The first-order valence-corrected chi connectivity index (χ1v) is 5.61. The predicted molar refractivity (Wildman–Crippen MR) is 64.9 cm³/mol. The lowest BCUT2D eigenvalue weighted by Gasteiger charge is -2.23. The average Bonchev–Trinajstić information content (AvgIpc) is 2.38. The van der Waals surface area contributed by atoms with Crippen LogP contribution in [0.5, 0.6) is 5.75 Å². The van der Waals surface area contributed by atoms with Crippen LogP contribution < -0.4 is 4.74 Å². The highest BCUT2D eigenvalue weighted by Crippen LogP contribution is 2.35. The van der Waals surface area contributed by atoms with Gasteiger partial charge in [-0.25, -0.2) is 4.79 Å². The van der Waals surface area contributed by atoms with Crippen molar-refractivity contribution in [2.24, 2.45) is 0 Å². The smallest absolute Gasteiger partial charge is 0.345 e. The third-order valence-electron chi connectivity index (χ3n) is 3.09. The van der Waals surface area contributed by atoms with Gasteiger partial charge in [-0.2, -0.15) is 0 Å². The Bertz CT molecular complexity index is 660. The zero-order chi connectivity index (χ0) is 12.7. The van der Waals surface area contributed by atoms with Gasteiger partial charge in [0.25, 0.3) is 0 Å². The average molecular weight is 242 g/mol. The van der Waals surface area contributed by atoms with E-state index in [1.807, 2.05) is 30.3 Å². The summed E-state index contributed by atoms with van der Waals surface area (Å²) in [5.74, 6) is -0.909. The molecular weight excluding hydrogens is 232 g/mol. The van der Waals surface area contributed by atoms with Crippen molar-refractivity contribution in [1.82, 2.24) is 0 Å². The fraction of sp³-hybridized carbons (Fsp3) is 0.143. The summed E-state index contributed by atoms with van der Waals surface area (Å²) in [5.41, 5.74) is 0.464. The third kappa shape index (κ3) is 1.54. The Kier molecular flexibility index (Phi) is 2.30. The van der Waals surface area contributed by atoms with Crippen LogP contribution in [0.3, 0.4) is 0 Å². The quantitative estimate of drug-likeness (QED) is 0.833. The topological polar surface area (TPSA) is 63.6 Å². The molecule has 0 bridgehead atoms. The minimum atomic E-state index is -1.11. The molecule has 2 aromatic carbocycles. The summed E-state index contributed by atoms with van der Waals surface area (Å²) in [6.07, 6.45) is -1.20. The summed E-state index contributed by atoms with van der Waals surface area (Å²) in [4.78, 5) is 22.9. The van der Waals surface area contributed by atoms with E-state index in [2.05, 4.69) is 0 Å².